The van der Waals surface area contributed by atoms with Crippen molar-refractivity contribution in [3.05, 3.63) is 64.9 Å². The Hall–Kier alpha value is -1.91. The van der Waals surface area contributed by atoms with E-state index in [2.05, 4.69) is 5.32 Å². The van der Waals surface area contributed by atoms with Crippen LogP contribution in [0, 0.1) is 5.82 Å². The fourth-order valence-electron chi connectivity index (χ4n) is 2.19. The molecule has 0 heterocycles. The summed E-state index contributed by atoms with van der Waals surface area (Å²) in [5.74, 6) is -0.443. The molecule has 116 valence electrons. The van der Waals surface area contributed by atoms with Crippen LogP contribution in [0.1, 0.15) is 25.5 Å². The van der Waals surface area contributed by atoms with Gasteiger partial charge in [0.05, 0.1) is 0 Å². The minimum Gasteiger partial charge on any atom is -0.330 e. The third-order valence-electron chi connectivity index (χ3n) is 3.50. The van der Waals surface area contributed by atoms with Crippen LogP contribution in [0.4, 0.5) is 10.1 Å². The van der Waals surface area contributed by atoms with Crippen LogP contribution in [0.25, 0.3) is 0 Å². The van der Waals surface area contributed by atoms with Crippen LogP contribution in [-0.2, 0) is 4.79 Å². The quantitative estimate of drug-likeness (QED) is 0.873. The molecule has 0 saturated carbocycles. The van der Waals surface area contributed by atoms with Crippen molar-refractivity contribution < 1.29 is 14.5 Å². The molecule has 0 spiro atoms. The molecule has 3 nitrogen and oxygen atoms in total. The van der Waals surface area contributed by atoms with Gasteiger partial charge in [-0.3, -0.25) is 4.79 Å². The molecule has 0 aliphatic heterocycles. The Bertz CT molecular complexity index is 628. The molecule has 0 bridgehead atoms. The normalized spacial score (nSPS) is 13.5. The summed E-state index contributed by atoms with van der Waals surface area (Å²) in [6.45, 7) is 3.87. The van der Waals surface area contributed by atoms with Crippen LogP contribution in [-0.4, -0.2) is 11.9 Å². The Morgan fingerprint density at radius 2 is 1.68 bits per heavy atom. The summed E-state index contributed by atoms with van der Waals surface area (Å²) in [6.07, 6.45) is 0. The van der Waals surface area contributed by atoms with Crippen LogP contribution in [0.2, 0.25) is 5.02 Å². The summed E-state index contributed by atoms with van der Waals surface area (Å²) in [4.78, 5) is 12.2. The van der Waals surface area contributed by atoms with Crippen molar-refractivity contribution in [3.63, 3.8) is 0 Å². The van der Waals surface area contributed by atoms with E-state index in [-0.39, 0.29) is 23.8 Å². The van der Waals surface area contributed by atoms with Gasteiger partial charge >= 0.3 is 0 Å². The van der Waals surface area contributed by atoms with E-state index in [1.807, 2.05) is 43.4 Å². The maximum absolute atomic E-state index is 12.8. The van der Waals surface area contributed by atoms with E-state index in [1.165, 1.54) is 12.1 Å². The number of benzene rings is 2. The first-order valence-corrected chi connectivity index (χ1v) is 7.50. The highest BCUT2D eigenvalue weighted by molar-refractivity contribution is 6.30. The highest BCUT2D eigenvalue weighted by Crippen LogP contribution is 2.14. The average molecular weight is 322 g/mol. The zero-order valence-electron chi connectivity index (χ0n) is 12.5. The van der Waals surface area contributed by atoms with E-state index < -0.39 is 0 Å². The van der Waals surface area contributed by atoms with Crippen molar-refractivity contribution in [1.29, 1.82) is 0 Å². The largest absolute Gasteiger partial charge is 0.330 e. The molecule has 2 rings (SSSR count). The van der Waals surface area contributed by atoms with Crippen molar-refractivity contribution in [2.24, 2.45) is 0 Å². The highest BCUT2D eigenvalue weighted by Gasteiger charge is 2.20. The molecule has 0 fully saturated rings. The molecule has 0 saturated heterocycles. The first kappa shape index (κ1) is 16.5. The van der Waals surface area contributed by atoms with Crippen LogP contribution < -0.4 is 10.6 Å². The van der Waals surface area contributed by atoms with Gasteiger partial charge < -0.3 is 10.6 Å². The number of hydrogen-bond donors (Lipinski definition) is 2. The monoisotopic (exact) mass is 321 g/mol. The first-order valence-electron chi connectivity index (χ1n) is 7.12. The Morgan fingerprint density at radius 3 is 2.27 bits per heavy atom. The van der Waals surface area contributed by atoms with Crippen LogP contribution >= 0.6 is 11.6 Å². The van der Waals surface area contributed by atoms with Gasteiger partial charge in [-0.15, -0.1) is 0 Å². The molecule has 2 atom stereocenters. The minimum absolute atomic E-state index is 0.118. The van der Waals surface area contributed by atoms with Crippen LogP contribution in [0.5, 0.6) is 0 Å². The highest BCUT2D eigenvalue weighted by atomic mass is 35.5. The second-order valence-corrected chi connectivity index (χ2v) is 5.75. The van der Waals surface area contributed by atoms with Crippen molar-refractivity contribution in [2.75, 3.05) is 5.32 Å². The summed E-state index contributed by atoms with van der Waals surface area (Å²) in [6, 6.07) is 13.2. The van der Waals surface area contributed by atoms with E-state index in [0.29, 0.717) is 10.7 Å². The van der Waals surface area contributed by atoms with Crippen molar-refractivity contribution >= 4 is 23.2 Å². The third kappa shape index (κ3) is 4.55. The second-order valence-electron chi connectivity index (χ2n) is 5.32. The zero-order chi connectivity index (χ0) is 16.1. The Morgan fingerprint density at radius 1 is 1.09 bits per heavy atom. The van der Waals surface area contributed by atoms with Crippen molar-refractivity contribution in [2.45, 2.75) is 25.9 Å². The number of halogens is 2. The Labute approximate surface area is 134 Å². The molecule has 0 aliphatic rings. The average Bonchev–Trinajstić information content (AvgIpc) is 2.50. The fourth-order valence-corrected chi connectivity index (χ4v) is 2.31. The van der Waals surface area contributed by atoms with Gasteiger partial charge in [0.1, 0.15) is 11.9 Å². The van der Waals surface area contributed by atoms with Crippen LogP contribution in [0.15, 0.2) is 48.5 Å². The number of anilines is 1. The lowest BCUT2D eigenvalue weighted by Crippen LogP contribution is -2.91. The van der Waals surface area contributed by atoms with E-state index in [0.717, 1.165) is 5.56 Å². The Kier molecular flexibility index (Phi) is 5.52. The Balaban J connectivity index is 1.93. The zero-order valence-corrected chi connectivity index (χ0v) is 13.3. The molecular formula is C17H19ClFN2O+. The predicted molar refractivity (Wildman–Crippen MR) is 86.3 cm³/mol. The molecule has 2 aromatic rings. The molecule has 3 N–H and O–H groups in total. The topological polar surface area (TPSA) is 45.7 Å². The molecule has 1 amide bonds. The molecule has 0 aliphatic carbocycles. The van der Waals surface area contributed by atoms with Gasteiger partial charge in [0.15, 0.2) is 6.04 Å². The van der Waals surface area contributed by atoms with E-state index in [1.54, 1.807) is 12.1 Å². The molecular weight excluding hydrogens is 303 g/mol. The van der Waals surface area contributed by atoms with E-state index in [9.17, 15) is 9.18 Å². The lowest BCUT2D eigenvalue weighted by atomic mass is 10.1. The van der Waals surface area contributed by atoms with Gasteiger partial charge in [0, 0.05) is 16.3 Å². The number of nitrogens with two attached hydrogens (primary N) is 1. The number of quaternary nitrogens is 1. The predicted octanol–water partition coefficient (Wildman–Crippen LogP) is 3.13. The van der Waals surface area contributed by atoms with Gasteiger partial charge in [0.2, 0.25) is 0 Å². The summed E-state index contributed by atoms with van der Waals surface area (Å²) in [7, 11) is 0. The molecule has 2 aromatic carbocycles. The number of nitrogens with one attached hydrogen (secondary N) is 1. The number of carbonyl (C=O) groups excluding carboxylic acids is 1. The molecule has 0 radical (unpaired) electrons. The van der Waals surface area contributed by atoms with Gasteiger partial charge in [-0.05, 0) is 50.2 Å². The summed E-state index contributed by atoms with van der Waals surface area (Å²) in [5, 5.41) is 5.44. The molecule has 0 aromatic heterocycles. The molecule has 5 heteroatoms. The molecule has 22 heavy (non-hydrogen) atoms. The fraction of sp³-hybridized carbons (Fsp3) is 0.235. The maximum atomic E-state index is 12.8. The third-order valence-corrected chi connectivity index (χ3v) is 3.75. The number of amides is 1. The van der Waals surface area contributed by atoms with Gasteiger partial charge in [-0.2, -0.15) is 0 Å². The number of carbonyl (C=O) groups is 1. The van der Waals surface area contributed by atoms with Gasteiger partial charge in [-0.1, -0.05) is 23.7 Å². The number of rotatable bonds is 5. The maximum Gasteiger partial charge on any atom is 0.282 e. The first-order chi connectivity index (χ1) is 10.5. The lowest BCUT2D eigenvalue weighted by Gasteiger charge is -2.17. The van der Waals surface area contributed by atoms with Gasteiger partial charge in [-0.25, -0.2) is 4.39 Å². The lowest BCUT2D eigenvalue weighted by molar-refractivity contribution is -0.709. The summed E-state index contributed by atoms with van der Waals surface area (Å²) >= 11 is 5.87. The summed E-state index contributed by atoms with van der Waals surface area (Å²) in [5.41, 5.74) is 1.69. The van der Waals surface area contributed by atoms with Gasteiger partial charge in [0.25, 0.3) is 5.91 Å². The molecule has 0 unspecified atom stereocenters. The van der Waals surface area contributed by atoms with Crippen molar-refractivity contribution in [1.82, 2.24) is 0 Å². The minimum atomic E-state index is -0.325. The van der Waals surface area contributed by atoms with Crippen LogP contribution in [0.3, 0.4) is 0 Å². The van der Waals surface area contributed by atoms with Crippen molar-refractivity contribution in [3.8, 4) is 0 Å². The SMILES string of the molecule is C[C@@H]([NH2+][C@H](C)c1ccc(Cl)cc1)C(=O)Nc1ccc(F)cc1. The smallest absolute Gasteiger partial charge is 0.282 e. The standard InChI is InChI=1S/C17H18ClFN2O/c1-11(13-3-5-14(18)6-4-13)20-12(2)17(22)21-16-9-7-15(19)8-10-16/h3-12,20H,1-2H3,(H,21,22)/p+1/t11-,12-/m1/s1. The van der Waals surface area contributed by atoms with E-state index >= 15 is 0 Å². The number of hydrogen-bond acceptors (Lipinski definition) is 1. The second kappa shape index (κ2) is 7.38. The summed E-state index contributed by atoms with van der Waals surface area (Å²) < 4.78 is 12.8. The van der Waals surface area contributed by atoms with E-state index in [4.69, 9.17) is 11.6 Å².